The van der Waals surface area contributed by atoms with E-state index in [2.05, 4.69) is 5.32 Å². The Labute approximate surface area is 123 Å². The smallest absolute Gasteiger partial charge is 0.242 e. The van der Waals surface area contributed by atoms with Gasteiger partial charge in [0.2, 0.25) is 5.91 Å². The summed E-state index contributed by atoms with van der Waals surface area (Å²) >= 11 is 0. The van der Waals surface area contributed by atoms with Crippen LogP contribution in [0.5, 0.6) is 0 Å². The number of para-hydroxylation sites is 1. The molecule has 0 saturated carbocycles. The summed E-state index contributed by atoms with van der Waals surface area (Å²) in [5.74, 6) is 0.0952. The van der Waals surface area contributed by atoms with Gasteiger partial charge in [-0.05, 0) is 19.1 Å². The first-order chi connectivity index (χ1) is 10.2. The monoisotopic (exact) mass is 285 g/mol. The predicted octanol–water partition coefficient (Wildman–Crippen LogP) is 0.822. The van der Waals surface area contributed by atoms with Gasteiger partial charge in [0.1, 0.15) is 6.54 Å². The molecule has 1 N–H and O–H groups in total. The number of hydrogen-bond acceptors (Lipinski definition) is 3. The topological polar surface area (TPSA) is 54.3 Å². The van der Waals surface area contributed by atoms with Gasteiger partial charge in [-0.25, -0.2) is 0 Å². The fourth-order valence-corrected chi connectivity index (χ4v) is 2.85. The molecule has 0 unspecified atom stereocenters. The van der Waals surface area contributed by atoms with Crippen LogP contribution in [0.1, 0.15) is 6.92 Å². The van der Waals surface area contributed by atoms with Crippen LogP contribution >= 0.6 is 0 Å². The van der Waals surface area contributed by atoms with Crippen molar-refractivity contribution in [1.29, 1.82) is 0 Å². The van der Waals surface area contributed by atoms with Crippen molar-refractivity contribution < 1.29 is 4.79 Å². The van der Waals surface area contributed by atoms with Crippen molar-refractivity contribution in [3.63, 3.8) is 0 Å². The third-order valence-electron chi connectivity index (χ3n) is 4.01. The van der Waals surface area contributed by atoms with Crippen LogP contribution in [0.4, 0.5) is 0 Å². The summed E-state index contributed by atoms with van der Waals surface area (Å²) in [4.78, 5) is 26.3. The highest BCUT2D eigenvalue weighted by Crippen LogP contribution is 2.11. The number of carbonyl (C=O) groups is 1. The molecule has 0 bridgehead atoms. The lowest BCUT2D eigenvalue weighted by Gasteiger charge is -2.34. The summed E-state index contributed by atoms with van der Waals surface area (Å²) in [6.07, 6.45) is 1.70. The number of nitrogens with one attached hydrogen (secondary N) is 1. The van der Waals surface area contributed by atoms with E-state index in [1.807, 2.05) is 34.6 Å². The number of fused-ring (bicyclic) bond motifs is 1. The van der Waals surface area contributed by atoms with Crippen molar-refractivity contribution in [3.05, 3.63) is 46.8 Å². The Bertz CT molecular complexity index is 723. The quantitative estimate of drug-likeness (QED) is 0.889. The molecule has 0 spiro atoms. The number of carbonyl (C=O) groups excluding carboxylic acids is 1. The minimum Gasteiger partial charge on any atom is -0.338 e. The van der Waals surface area contributed by atoms with E-state index in [-0.39, 0.29) is 23.9 Å². The minimum atomic E-state index is -0.00941. The lowest BCUT2D eigenvalue weighted by Crippen LogP contribution is -2.53. The third-order valence-corrected chi connectivity index (χ3v) is 4.01. The number of benzene rings is 1. The fraction of sp³-hybridized carbons (Fsp3) is 0.375. The highest BCUT2D eigenvalue weighted by Gasteiger charge is 2.23. The molecule has 0 aliphatic carbocycles. The standard InChI is InChI=1S/C16H19N3O2/c1-12-10-17-7-9-19(12)16(21)11-18-8-6-15(20)13-4-2-3-5-14(13)18/h2-6,8,12,17H,7,9-11H2,1H3/t12-/m0/s1. The zero-order valence-electron chi connectivity index (χ0n) is 12.1. The molecule has 1 aliphatic heterocycles. The van der Waals surface area contributed by atoms with Crippen LogP contribution in [-0.2, 0) is 11.3 Å². The first-order valence-electron chi connectivity index (χ1n) is 7.25. The van der Waals surface area contributed by atoms with E-state index >= 15 is 0 Å². The molecule has 21 heavy (non-hydrogen) atoms. The molecule has 110 valence electrons. The average molecular weight is 285 g/mol. The van der Waals surface area contributed by atoms with E-state index < -0.39 is 0 Å². The maximum atomic E-state index is 12.5. The number of nitrogens with zero attached hydrogens (tertiary/aromatic N) is 2. The van der Waals surface area contributed by atoms with Crippen molar-refractivity contribution in [1.82, 2.24) is 14.8 Å². The van der Waals surface area contributed by atoms with Gasteiger partial charge in [0, 0.05) is 43.3 Å². The Hall–Kier alpha value is -2.14. The maximum Gasteiger partial charge on any atom is 0.242 e. The van der Waals surface area contributed by atoms with E-state index in [0.29, 0.717) is 5.39 Å². The van der Waals surface area contributed by atoms with E-state index in [9.17, 15) is 9.59 Å². The summed E-state index contributed by atoms with van der Waals surface area (Å²) in [7, 11) is 0. The van der Waals surface area contributed by atoms with Gasteiger partial charge in [0.15, 0.2) is 5.43 Å². The normalized spacial score (nSPS) is 18.9. The van der Waals surface area contributed by atoms with Crippen molar-refractivity contribution in [2.24, 2.45) is 0 Å². The second-order valence-corrected chi connectivity index (χ2v) is 5.47. The summed E-state index contributed by atoms with van der Waals surface area (Å²) < 4.78 is 1.85. The molecule has 1 saturated heterocycles. The van der Waals surface area contributed by atoms with Crippen molar-refractivity contribution >= 4 is 16.8 Å². The Kier molecular flexibility index (Phi) is 3.75. The number of pyridine rings is 1. The maximum absolute atomic E-state index is 12.5. The number of piperazine rings is 1. The molecule has 2 heterocycles. The molecule has 1 aromatic carbocycles. The zero-order valence-corrected chi connectivity index (χ0v) is 12.1. The van der Waals surface area contributed by atoms with E-state index in [1.165, 1.54) is 6.07 Å². The molecule has 1 fully saturated rings. The van der Waals surface area contributed by atoms with Crippen LogP contribution in [0.15, 0.2) is 41.3 Å². The van der Waals surface area contributed by atoms with Gasteiger partial charge in [-0.2, -0.15) is 0 Å². The number of amides is 1. The van der Waals surface area contributed by atoms with Gasteiger partial charge in [-0.15, -0.1) is 0 Å². The molecule has 0 radical (unpaired) electrons. The van der Waals surface area contributed by atoms with Crippen LogP contribution in [0.25, 0.3) is 10.9 Å². The van der Waals surface area contributed by atoms with Crippen LogP contribution in [-0.4, -0.2) is 41.1 Å². The molecule has 2 aromatic rings. The van der Waals surface area contributed by atoms with E-state index in [1.54, 1.807) is 12.3 Å². The second kappa shape index (κ2) is 5.69. The Balaban J connectivity index is 1.90. The van der Waals surface area contributed by atoms with Gasteiger partial charge < -0.3 is 14.8 Å². The molecule has 5 nitrogen and oxygen atoms in total. The van der Waals surface area contributed by atoms with E-state index in [0.717, 1.165) is 25.2 Å². The van der Waals surface area contributed by atoms with Gasteiger partial charge in [-0.3, -0.25) is 9.59 Å². The molecule has 1 aromatic heterocycles. The summed E-state index contributed by atoms with van der Waals surface area (Å²) in [6.45, 7) is 4.72. The second-order valence-electron chi connectivity index (χ2n) is 5.47. The molecule has 1 amide bonds. The molecular formula is C16H19N3O2. The highest BCUT2D eigenvalue weighted by atomic mass is 16.2. The number of hydrogen-bond donors (Lipinski definition) is 1. The van der Waals surface area contributed by atoms with Crippen LogP contribution in [0.2, 0.25) is 0 Å². The van der Waals surface area contributed by atoms with Crippen molar-refractivity contribution in [3.8, 4) is 0 Å². The molecule has 1 aliphatic rings. The number of rotatable bonds is 2. The largest absolute Gasteiger partial charge is 0.338 e. The van der Waals surface area contributed by atoms with Gasteiger partial charge >= 0.3 is 0 Å². The lowest BCUT2D eigenvalue weighted by atomic mass is 10.2. The Morgan fingerprint density at radius 1 is 1.33 bits per heavy atom. The first kappa shape index (κ1) is 13.8. The zero-order chi connectivity index (χ0) is 14.8. The van der Waals surface area contributed by atoms with Gasteiger partial charge in [-0.1, -0.05) is 12.1 Å². The molecule has 5 heteroatoms. The van der Waals surface area contributed by atoms with Crippen molar-refractivity contribution in [2.75, 3.05) is 19.6 Å². The summed E-state index contributed by atoms with van der Waals surface area (Å²) in [6, 6.07) is 9.13. The average Bonchev–Trinajstić information content (AvgIpc) is 2.51. The highest BCUT2D eigenvalue weighted by molar-refractivity contribution is 5.82. The van der Waals surface area contributed by atoms with Crippen LogP contribution < -0.4 is 10.7 Å². The van der Waals surface area contributed by atoms with Crippen LogP contribution in [0, 0.1) is 0 Å². The van der Waals surface area contributed by atoms with E-state index in [4.69, 9.17) is 0 Å². The predicted molar refractivity (Wildman–Crippen MR) is 82.3 cm³/mol. The fourth-order valence-electron chi connectivity index (χ4n) is 2.85. The lowest BCUT2D eigenvalue weighted by molar-refractivity contribution is -0.134. The Morgan fingerprint density at radius 3 is 2.95 bits per heavy atom. The summed E-state index contributed by atoms with van der Waals surface area (Å²) in [5, 5.41) is 3.93. The van der Waals surface area contributed by atoms with Gasteiger partial charge in [0.25, 0.3) is 0 Å². The van der Waals surface area contributed by atoms with Gasteiger partial charge in [0.05, 0.1) is 5.52 Å². The third kappa shape index (κ3) is 2.69. The summed E-state index contributed by atoms with van der Waals surface area (Å²) in [5.41, 5.74) is 0.797. The first-order valence-corrected chi connectivity index (χ1v) is 7.25. The molecular weight excluding hydrogens is 266 g/mol. The minimum absolute atomic E-state index is 0.00941. The van der Waals surface area contributed by atoms with Crippen LogP contribution in [0.3, 0.4) is 0 Å². The number of aromatic nitrogens is 1. The molecule has 3 rings (SSSR count). The molecule has 1 atom stereocenters. The van der Waals surface area contributed by atoms with Crippen molar-refractivity contribution in [2.45, 2.75) is 19.5 Å². The Morgan fingerprint density at radius 2 is 2.14 bits per heavy atom. The SMILES string of the molecule is C[C@H]1CNCCN1C(=O)Cn1ccc(=O)c2ccccc21.